The van der Waals surface area contributed by atoms with Gasteiger partial charge >= 0.3 is 0 Å². The van der Waals surface area contributed by atoms with E-state index in [1.54, 1.807) is 29.2 Å². The Balaban J connectivity index is 1.95. The maximum Gasteiger partial charge on any atom is 0.261 e. The smallest absolute Gasteiger partial charge is 0.261 e. The summed E-state index contributed by atoms with van der Waals surface area (Å²) in [6.45, 7) is 0.806. The van der Waals surface area contributed by atoms with Crippen LogP contribution in [0.5, 0.6) is 11.5 Å². The number of carbonyl (C=O) groups is 1. The number of methoxy groups -OCH3 is 2. The maximum atomic E-state index is 13.1. The molecule has 0 aromatic heterocycles. The van der Waals surface area contributed by atoms with Crippen LogP contribution in [0, 0.1) is 0 Å². The van der Waals surface area contributed by atoms with Gasteiger partial charge in [-0.2, -0.15) is 0 Å². The Labute approximate surface area is 152 Å². The first kappa shape index (κ1) is 18.2. The molecule has 0 saturated heterocycles. The van der Waals surface area contributed by atoms with Crippen LogP contribution in [0.1, 0.15) is 21.5 Å². The lowest BCUT2D eigenvalue weighted by atomic mass is 9.99. The van der Waals surface area contributed by atoms with Gasteiger partial charge in [0.2, 0.25) is 10.0 Å². The monoisotopic (exact) mass is 376 g/mol. The second-order valence-corrected chi connectivity index (χ2v) is 7.55. The van der Waals surface area contributed by atoms with Crippen molar-refractivity contribution in [2.75, 3.05) is 20.8 Å². The molecular weight excluding hydrogens is 356 g/mol. The zero-order valence-corrected chi connectivity index (χ0v) is 15.4. The Bertz CT molecular complexity index is 934. The Morgan fingerprint density at radius 3 is 2.31 bits per heavy atom. The molecule has 0 aliphatic carbocycles. The molecule has 7 nitrogen and oxygen atoms in total. The number of hydrogen-bond donors (Lipinski definition) is 1. The van der Waals surface area contributed by atoms with E-state index in [1.807, 2.05) is 0 Å². The molecule has 1 aliphatic rings. The third kappa shape index (κ3) is 3.38. The fourth-order valence-electron chi connectivity index (χ4n) is 3.10. The largest absolute Gasteiger partial charge is 0.496 e. The van der Waals surface area contributed by atoms with Crippen molar-refractivity contribution in [2.45, 2.75) is 17.9 Å². The molecule has 1 heterocycles. The van der Waals surface area contributed by atoms with E-state index in [4.69, 9.17) is 14.6 Å². The highest BCUT2D eigenvalue weighted by Gasteiger charge is 2.27. The van der Waals surface area contributed by atoms with Gasteiger partial charge in [-0.25, -0.2) is 13.6 Å². The summed E-state index contributed by atoms with van der Waals surface area (Å²) < 4.78 is 33.8. The van der Waals surface area contributed by atoms with Crippen LogP contribution in [0.15, 0.2) is 41.3 Å². The third-order valence-corrected chi connectivity index (χ3v) is 5.36. The van der Waals surface area contributed by atoms with Gasteiger partial charge in [0.1, 0.15) is 17.1 Å². The van der Waals surface area contributed by atoms with Crippen LogP contribution in [0.2, 0.25) is 0 Å². The molecule has 2 N–H and O–H groups in total. The van der Waals surface area contributed by atoms with Gasteiger partial charge in [-0.05, 0) is 41.8 Å². The zero-order valence-electron chi connectivity index (χ0n) is 14.6. The number of ether oxygens (including phenoxy) is 2. The first-order valence-electron chi connectivity index (χ1n) is 8.00. The first-order chi connectivity index (χ1) is 12.3. The Morgan fingerprint density at radius 1 is 1.08 bits per heavy atom. The lowest BCUT2D eigenvalue weighted by Crippen LogP contribution is -2.36. The SMILES string of the molecule is COc1cccc(OC)c1C(=O)N1CCc2ccc(S(N)(=O)=O)cc2C1. The Morgan fingerprint density at radius 2 is 1.73 bits per heavy atom. The summed E-state index contributed by atoms with van der Waals surface area (Å²) in [6.07, 6.45) is 0.628. The van der Waals surface area contributed by atoms with Crippen molar-refractivity contribution in [1.82, 2.24) is 4.90 Å². The van der Waals surface area contributed by atoms with Crippen molar-refractivity contribution in [3.8, 4) is 11.5 Å². The second-order valence-electron chi connectivity index (χ2n) is 5.99. The maximum absolute atomic E-state index is 13.1. The van der Waals surface area contributed by atoms with Crippen LogP contribution >= 0.6 is 0 Å². The van der Waals surface area contributed by atoms with E-state index in [-0.39, 0.29) is 10.8 Å². The lowest BCUT2D eigenvalue weighted by Gasteiger charge is -2.30. The second kappa shape index (κ2) is 6.97. The summed E-state index contributed by atoms with van der Waals surface area (Å²) in [5.74, 6) is 0.628. The zero-order chi connectivity index (χ0) is 18.9. The fourth-order valence-corrected chi connectivity index (χ4v) is 3.67. The molecule has 0 atom stereocenters. The minimum atomic E-state index is -3.79. The highest BCUT2D eigenvalue weighted by Crippen LogP contribution is 2.31. The normalized spacial score (nSPS) is 13.9. The minimum absolute atomic E-state index is 0.0421. The average Bonchev–Trinajstić information content (AvgIpc) is 2.65. The van der Waals surface area contributed by atoms with Crippen molar-refractivity contribution in [2.24, 2.45) is 5.14 Å². The number of rotatable bonds is 4. The first-order valence-corrected chi connectivity index (χ1v) is 9.54. The van der Waals surface area contributed by atoms with E-state index in [9.17, 15) is 13.2 Å². The van der Waals surface area contributed by atoms with Gasteiger partial charge in [0, 0.05) is 13.1 Å². The predicted molar refractivity (Wildman–Crippen MR) is 95.8 cm³/mol. The van der Waals surface area contributed by atoms with Crippen LogP contribution < -0.4 is 14.6 Å². The van der Waals surface area contributed by atoms with E-state index in [0.29, 0.717) is 36.6 Å². The molecule has 1 amide bonds. The molecule has 2 aromatic carbocycles. The Kier molecular flexibility index (Phi) is 4.88. The van der Waals surface area contributed by atoms with Crippen LogP contribution in [0.3, 0.4) is 0 Å². The van der Waals surface area contributed by atoms with E-state index >= 15 is 0 Å². The molecule has 8 heteroatoms. The molecule has 0 fully saturated rings. The van der Waals surface area contributed by atoms with Gasteiger partial charge in [0.05, 0.1) is 19.1 Å². The van der Waals surface area contributed by atoms with Gasteiger partial charge in [-0.15, -0.1) is 0 Å². The number of sulfonamides is 1. The van der Waals surface area contributed by atoms with Crippen LogP contribution in [-0.2, 0) is 23.0 Å². The van der Waals surface area contributed by atoms with Gasteiger partial charge in [0.15, 0.2) is 0 Å². The number of amides is 1. The summed E-state index contributed by atoms with van der Waals surface area (Å²) in [7, 11) is -0.800. The van der Waals surface area contributed by atoms with Crippen LogP contribution in [0.4, 0.5) is 0 Å². The predicted octanol–water partition coefficient (Wildman–Crippen LogP) is 1.55. The summed E-state index contributed by atoms with van der Waals surface area (Å²) in [5.41, 5.74) is 2.13. The van der Waals surface area contributed by atoms with E-state index < -0.39 is 10.0 Å². The average molecular weight is 376 g/mol. The fraction of sp³-hybridized carbons (Fsp3) is 0.278. The molecule has 0 spiro atoms. The highest BCUT2D eigenvalue weighted by molar-refractivity contribution is 7.89. The summed E-state index contributed by atoms with van der Waals surface area (Å²) >= 11 is 0. The van der Waals surface area contributed by atoms with Crippen molar-refractivity contribution in [1.29, 1.82) is 0 Å². The molecule has 1 aliphatic heterocycles. The van der Waals surface area contributed by atoms with Crippen molar-refractivity contribution >= 4 is 15.9 Å². The topological polar surface area (TPSA) is 98.9 Å². The molecule has 26 heavy (non-hydrogen) atoms. The summed E-state index contributed by atoms with van der Waals surface area (Å²) in [5, 5.41) is 5.21. The van der Waals surface area contributed by atoms with E-state index in [0.717, 1.165) is 11.1 Å². The number of nitrogens with two attached hydrogens (primary N) is 1. The number of nitrogens with zero attached hydrogens (tertiary/aromatic N) is 1. The number of carbonyl (C=O) groups excluding carboxylic acids is 1. The molecule has 0 unspecified atom stereocenters. The van der Waals surface area contributed by atoms with Crippen molar-refractivity contribution in [3.63, 3.8) is 0 Å². The minimum Gasteiger partial charge on any atom is -0.496 e. The number of hydrogen-bond acceptors (Lipinski definition) is 5. The molecule has 3 rings (SSSR count). The number of fused-ring (bicyclic) bond motifs is 1. The molecule has 138 valence electrons. The van der Waals surface area contributed by atoms with Crippen molar-refractivity contribution < 1.29 is 22.7 Å². The lowest BCUT2D eigenvalue weighted by molar-refractivity contribution is 0.0727. The van der Waals surface area contributed by atoms with E-state index in [2.05, 4.69) is 0 Å². The summed E-state index contributed by atoms with van der Waals surface area (Å²) in [6, 6.07) is 9.93. The van der Waals surface area contributed by atoms with Gasteiger partial charge < -0.3 is 14.4 Å². The number of benzene rings is 2. The molecule has 0 radical (unpaired) electrons. The van der Waals surface area contributed by atoms with Crippen molar-refractivity contribution in [3.05, 3.63) is 53.1 Å². The molecule has 0 saturated carbocycles. The quantitative estimate of drug-likeness (QED) is 0.873. The standard InChI is InChI=1S/C18H20N2O5S/c1-24-15-4-3-5-16(25-2)17(15)18(21)20-9-8-12-6-7-14(26(19,22)23)10-13(12)11-20/h3-7,10H,8-9,11H2,1-2H3,(H2,19,22,23). The Hall–Kier alpha value is -2.58. The van der Waals surface area contributed by atoms with Crippen LogP contribution in [0.25, 0.3) is 0 Å². The third-order valence-electron chi connectivity index (χ3n) is 4.45. The highest BCUT2D eigenvalue weighted by atomic mass is 32.2. The molecule has 0 bridgehead atoms. The number of primary sulfonamides is 1. The van der Waals surface area contributed by atoms with Gasteiger partial charge in [-0.3, -0.25) is 4.79 Å². The molecule has 2 aromatic rings. The van der Waals surface area contributed by atoms with Gasteiger partial charge in [0.25, 0.3) is 5.91 Å². The van der Waals surface area contributed by atoms with E-state index in [1.165, 1.54) is 26.4 Å². The van der Waals surface area contributed by atoms with Gasteiger partial charge in [-0.1, -0.05) is 12.1 Å². The molecular formula is C18H20N2O5S. The summed E-state index contributed by atoms with van der Waals surface area (Å²) in [4.78, 5) is 14.8. The van der Waals surface area contributed by atoms with Crippen LogP contribution in [-0.4, -0.2) is 40.0 Å².